The highest BCUT2D eigenvalue weighted by Gasteiger charge is 2.45. The monoisotopic (exact) mass is 224 g/mol. The summed E-state index contributed by atoms with van der Waals surface area (Å²) < 4.78 is 0. The van der Waals surface area contributed by atoms with Crippen molar-refractivity contribution in [2.24, 2.45) is 11.8 Å². The molecule has 3 rings (SSSR count). The predicted molar refractivity (Wildman–Crippen MR) is 65.2 cm³/mol. The Morgan fingerprint density at radius 1 is 1.19 bits per heavy atom. The van der Waals surface area contributed by atoms with E-state index >= 15 is 0 Å². The Balaban J connectivity index is 1.89. The molecule has 0 aromatic heterocycles. The highest BCUT2D eigenvalue weighted by Crippen LogP contribution is 2.33. The number of nitrogens with zero attached hydrogens (tertiary/aromatic N) is 2. The van der Waals surface area contributed by atoms with E-state index in [1.807, 2.05) is 13.8 Å². The first-order chi connectivity index (χ1) is 7.49. The largest absolute Gasteiger partial charge is 0.339 e. The number of amides is 1. The van der Waals surface area contributed by atoms with Gasteiger partial charge in [0.2, 0.25) is 5.91 Å². The molecule has 0 aromatic carbocycles. The molecule has 2 atom stereocenters. The fourth-order valence-corrected chi connectivity index (χ4v) is 2.95. The lowest BCUT2D eigenvalue weighted by Crippen LogP contribution is -2.70. The Morgan fingerprint density at radius 2 is 1.75 bits per heavy atom. The van der Waals surface area contributed by atoms with Crippen molar-refractivity contribution in [1.29, 1.82) is 0 Å². The summed E-state index contributed by atoms with van der Waals surface area (Å²) in [6.07, 6.45) is 1.30. The van der Waals surface area contributed by atoms with Gasteiger partial charge >= 0.3 is 0 Å². The normalized spacial score (nSPS) is 29.8. The SMILES string of the molecule is CC(C)CN1C2CC1CN(C(=O)C(C)C)C2. The van der Waals surface area contributed by atoms with Crippen LogP contribution in [-0.4, -0.2) is 47.4 Å². The zero-order valence-corrected chi connectivity index (χ0v) is 10.9. The molecule has 0 spiro atoms. The maximum Gasteiger partial charge on any atom is 0.225 e. The number of hydrogen-bond acceptors (Lipinski definition) is 2. The molecule has 1 amide bonds. The van der Waals surface area contributed by atoms with Gasteiger partial charge in [0.15, 0.2) is 0 Å². The first kappa shape index (κ1) is 11.9. The topological polar surface area (TPSA) is 23.6 Å². The summed E-state index contributed by atoms with van der Waals surface area (Å²) in [6.45, 7) is 11.6. The van der Waals surface area contributed by atoms with Gasteiger partial charge in [0.05, 0.1) is 0 Å². The highest BCUT2D eigenvalue weighted by molar-refractivity contribution is 5.78. The number of piperazine rings is 1. The van der Waals surface area contributed by atoms with Crippen molar-refractivity contribution in [2.45, 2.75) is 46.2 Å². The van der Waals surface area contributed by atoms with Crippen LogP contribution in [0.4, 0.5) is 0 Å². The second-order valence-corrected chi connectivity index (χ2v) is 6.03. The van der Waals surface area contributed by atoms with Gasteiger partial charge in [-0.3, -0.25) is 9.69 Å². The van der Waals surface area contributed by atoms with Crippen molar-refractivity contribution >= 4 is 5.91 Å². The zero-order chi connectivity index (χ0) is 11.9. The van der Waals surface area contributed by atoms with E-state index in [0.717, 1.165) is 19.0 Å². The van der Waals surface area contributed by atoms with Crippen molar-refractivity contribution in [1.82, 2.24) is 9.80 Å². The third-order valence-electron chi connectivity index (χ3n) is 3.73. The van der Waals surface area contributed by atoms with E-state index in [1.165, 1.54) is 13.0 Å². The molecule has 92 valence electrons. The van der Waals surface area contributed by atoms with Crippen LogP contribution in [0.1, 0.15) is 34.1 Å². The number of fused-ring (bicyclic) bond motifs is 2. The second kappa shape index (κ2) is 4.36. The molecule has 3 aliphatic rings. The molecule has 3 saturated heterocycles. The fraction of sp³-hybridized carbons (Fsp3) is 0.923. The lowest BCUT2D eigenvalue weighted by atomic mass is 9.86. The summed E-state index contributed by atoms with van der Waals surface area (Å²) in [7, 11) is 0. The van der Waals surface area contributed by atoms with Gasteiger partial charge in [-0.05, 0) is 12.3 Å². The van der Waals surface area contributed by atoms with Crippen LogP contribution in [0, 0.1) is 11.8 Å². The lowest BCUT2D eigenvalue weighted by Gasteiger charge is -2.57. The maximum absolute atomic E-state index is 11.9. The summed E-state index contributed by atoms with van der Waals surface area (Å²) in [4.78, 5) is 16.6. The van der Waals surface area contributed by atoms with Crippen molar-refractivity contribution in [3.05, 3.63) is 0 Å². The second-order valence-electron chi connectivity index (χ2n) is 6.03. The van der Waals surface area contributed by atoms with Crippen LogP contribution >= 0.6 is 0 Å². The van der Waals surface area contributed by atoms with Gasteiger partial charge in [0.1, 0.15) is 0 Å². The molecule has 2 bridgehead atoms. The van der Waals surface area contributed by atoms with Gasteiger partial charge < -0.3 is 4.90 Å². The molecule has 0 radical (unpaired) electrons. The summed E-state index contributed by atoms with van der Waals surface area (Å²) in [5.41, 5.74) is 0. The molecule has 0 aliphatic carbocycles. The molecule has 0 N–H and O–H groups in total. The predicted octanol–water partition coefficient (Wildman–Crippen LogP) is 1.58. The smallest absolute Gasteiger partial charge is 0.225 e. The molecule has 0 saturated carbocycles. The van der Waals surface area contributed by atoms with Gasteiger partial charge in [-0.1, -0.05) is 27.7 Å². The minimum absolute atomic E-state index is 0.149. The van der Waals surface area contributed by atoms with E-state index in [9.17, 15) is 4.79 Å². The number of carbonyl (C=O) groups excluding carboxylic acids is 1. The van der Waals surface area contributed by atoms with E-state index in [4.69, 9.17) is 0 Å². The summed E-state index contributed by atoms with van der Waals surface area (Å²) in [5.74, 6) is 1.22. The summed E-state index contributed by atoms with van der Waals surface area (Å²) >= 11 is 0. The Labute approximate surface area is 98.8 Å². The summed E-state index contributed by atoms with van der Waals surface area (Å²) in [5, 5.41) is 0. The molecule has 3 nitrogen and oxygen atoms in total. The van der Waals surface area contributed by atoms with Gasteiger partial charge in [-0.2, -0.15) is 0 Å². The molecule has 3 fully saturated rings. The molecular weight excluding hydrogens is 200 g/mol. The quantitative estimate of drug-likeness (QED) is 0.726. The number of piperidine rings is 1. The number of carbonyl (C=O) groups is 1. The molecule has 3 aliphatic heterocycles. The number of hydrogen-bond donors (Lipinski definition) is 0. The Kier molecular flexibility index (Phi) is 3.24. The van der Waals surface area contributed by atoms with Crippen molar-refractivity contribution in [3.8, 4) is 0 Å². The average Bonchev–Trinajstić information content (AvgIpc) is 2.24. The van der Waals surface area contributed by atoms with Crippen LogP contribution in [-0.2, 0) is 4.79 Å². The molecular formula is C13H24N2O. The van der Waals surface area contributed by atoms with Crippen molar-refractivity contribution < 1.29 is 4.79 Å². The van der Waals surface area contributed by atoms with Gasteiger partial charge in [0.25, 0.3) is 0 Å². The maximum atomic E-state index is 11.9. The van der Waals surface area contributed by atoms with Gasteiger partial charge in [0, 0.05) is 37.6 Å². The van der Waals surface area contributed by atoms with E-state index < -0.39 is 0 Å². The molecule has 0 aromatic rings. The van der Waals surface area contributed by atoms with E-state index in [1.54, 1.807) is 0 Å². The molecule has 3 heteroatoms. The van der Waals surface area contributed by atoms with E-state index in [2.05, 4.69) is 23.6 Å². The molecule has 16 heavy (non-hydrogen) atoms. The minimum atomic E-state index is 0.149. The molecule has 2 unspecified atom stereocenters. The minimum Gasteiger partial charge on any atom is -0.339 e. The Morgan fingerprint density at radius 3 is 2.19 bits per heavy atom. The van der Waals surface area contributed by atoms with Crippen molar-refractivity contribution in [3.63, 3.8) is 0 Å². The van der Waals surface area contributed by atoms with Crippen LogP contribution in [0.2, 0.25) is 0 Å². The van der Waals surface area contributed by atoms with Crippen LogP contribution < -0.4 is 0 Å². The standard InChI is InChI=1S/C13H24N2O/c1-9(2)6-15-11-5-12(15)8-14(7-11)13(16)10(3)4/h9-12H,5-8H2,1-4H3. The summed E-state index contributed by atoms with van der Waals surface area (Å²) in [6, 6.07) is 1.28. The van der Waals surface area contributed by atoms with Crippen LogP contribution in [0.15, 0.2) is 0 Å². The Bertz CT molecular complexity index is 263. The zero-order valence-electron chi connectivity index (χ0n) is 10.9. The third kappa shape index (κ3) is 2.10. The van der Waals surface area contributed by atoms with Gasteiger partial charge in [-0.15, -0.1) is 0 Å². The van der Waals surface area contributed by atoms with Crippen LogP contribution in [0.25, 0.3) is 0 Å². The van der Waals surface area contributed by atoms with Crippen molar-refractivity contribution in [2.75, 3.05) is 19.6 Å². The Hall–Kier alpha value is -0.570. The first-order valence-electron chi connectivity index (χ1n) is 6.53. The third-order valence-corrected chi connectivity index (χ3v) is 3.73. The van der Waals surface area contributed by atoms with Crippen LogP contribution in [0.5, 0.6) is 0 Å². The van der Waals surface area contributed by atoms with Crippen LogP contribution in [0.3, 0.4) is 0 Å². The van der Waals surface area contributed by atoms with E-state index in [-0.39, 0.29) is 5.92 Å². The molecule has 3 heterocycles. The fourth-order valence-electron chi connectivity index (χ4n) is 2.95. The highest BCUT2D eigenvalue weighted by atomic mass is 16.2. The van der Waals surface area contributed by atoms with Gasteiger partial charge in [-0.25, -0.2) is 0 Å². The number of rotatable bonds is 3. The van der Waals surface area contributed by atoms with E-state index in [0.29, 0.717) is 18.0 Å². The lowest BCUT2D eigenvalue weighted by molar-refractivity contribution is -0.147. The first-order valence-corrected chi connectivity index (χ1v) is 6.53. The average molecular weight is 224 g/mol.